The van der Waals surface area contributed by atoms with E-state index in [0.717, 1.165) is 25.2 Å². The SMILES string of the molecule is CCOC(=O)[C@@H](c1ccccc1)N1CCN[C@H](C)C1. The number of piperazine rings is 1. The van der Waals surface area contributed by atoms with Crippen LogP contribution in [-0.2, 0) is 9.53 Å². The number of nitrogens with zero attached hydrogens (tertiary/aromatic N) is 1. The van der Waals surface area contributed by atoms with E-state index in [1.165, 1.54) is 0 Å². The molecular formula is C15H22N2O2. The monoisotopic (exact) mass is 262 g/mol. The van der Waals surface area contributed by atoms with E-state index in [-0.39, 0.29) is 12.0 Å². The molecule has 19 heavy (non-hydrogen) atoms. The molecule has 1 heterocycles. The molecule has 104 valence electrons. The van der Waals surface area contributed by atoms with Crippen molar-refractivity contribution in [1.82, 2.24) is 10.2 Å². The average Bonchev–Trinajstić information content (AvgIpc) is 2.40. The number of rotatable bonds is 4. The molecule has 4 heteroatoms. The second kappa shape index (κ2) is 6.68. The van der Waals surface area contributed by atoms with Gasteiger partial charge in [0.25, 0.3) is 0 Å². The number of hydrogen-bond acceptors (Lipinski definition) is 4. The van der Waals surface area contributed by atoms with Crippen LogP contribution in [0.15, 0.2) is 30.3 Å². The smallest absolute Gasteiger partial charge is 0.328 e. The number of benzene rings is 1. The number of carbonyl (C=O) groups is 1. The van der Waals surface area contributed by atoms with E-state index in [1.54, 1.807) is 0 Å². The van der Waals surface area contributed by atoms with Crippen molar-refractivity contribution in [2.75, 3.05) is 26.2 Å². The van der Waals surface area contributed by atoms with Crippen molar-refractivity contribution in [3.63, 3.8) is 0 Å². The molecule has 1 aromatic rings. The summed E-state index contributed by atoms with van der Waals surface area (Å²) in [5.41, 5.74) is 1.01. The summed E-state index contributed by atoms with van der Waals surface area (Å²) in [6, 6.07) is 10.00. The van der Waals surface area contributed by atoms with E-state index >= 15 is 0 Å². The van der Waals surface area contributed by atoms with Crippen LogP contribution in [0, 0.1) is 0 Å². The van der Waals surface area contributed by atoms with E-state index in [1.807, 2.05) is 37.3 Å². The van der Waals surface area contributed by atoms with Crippen LogP contribution in [-0.4, -0.2) is 43.2 Å². The Morgan fingerprint density at radius 3 is 2.84 bits per heavy atom. The van der Waals surface area contributed by atoms with Crippen molar-refractivity contribution >= 4 is 5.97 Å². The molecule has 0 spiro atoms. The van der Waals surface area contributed by atoms with E-state index in [0.29, 0.717) is 12.6 Å². The third-order valence-electron chi connectivity index (χ3n) is 3.39. The van der Waals surface area contributed by atoms with Crippen LogP contribution < -0.4 is 5.32 Å². The summed E-state index contributed by atoms with van der Waals surface area (Å²) in [4.78, 5) is 14.5. The standard InChI is InChI=1S/C15H22N2O2/c1-3-19-15(18)14(13-7-5-4-6-8-13)17-10-9-16-12(2)11-17/h4-8,12,14,16H,3,9-11H2,1-2H3/t12-,14-/m1/s1. The van der Waals surface area contributed by atoms with Crippen molar-refractivity contribution in [1.29, 1.82) is 0 Å². The predicted octanol–water partition coefficient (Wildman–Crippen LogP) is 1.58. The molecule has 1 aliphatic rings. The molecule has 0 unspecified atom stereocenters. The van der Waals surface area contributed by atoms with Crippen molar-refractivity contribution in [2.24, 2.45) is 0 Å². The van der Waals surface area contributed by atoms with Crippen molar-refractivity contribution in [2.45, 2.75) is 25.9 Å². The maximum atomic E-state index is 12.3. The minimum Gasteiger partial charge on any atom is -0.465 e. The van der Waals surface area contributed by atoms with Crippen LogP contribution in [0.4, 0.5) is 0 Å². The summed E-state index contributed by atoms with van der Waals surface area (Å²) in [6.45, 7) is 7.04. The highest BCUT2D eigenvalue weighted by atomic mass is 16.5. The highest BCUT2D eigenvalue weighted by molar-refractivity contribution is 5.77. The Morgan fingerprint density at radius 2 is 2.21 bits per heavy atom. The van der Waals surface area contributed by atoms with E-state index in [9.17, 15) is 4.79 Å². The Balaban J connectivity index is 2.21. The molecule has 0 radical (unpaired) electrons. The molecule has 1 aromatic carbocycles. The van der Waals surface area contributed by atoms with Crippen LogP contribution in [0.1, 0.15) is 25.5 Å². The minimum absolute atomic E-state index is 0.150. The van der Waals surface area contributed by atoms with Crippen LogP contribution in [0.25, 0.3) is 0 Å². The summed E-state index contributed by atoms with van der Waals surface area (Å²) >= 11 is 0. The van der Waals surface area contributed by atoms with Gasteiger partial charge < -0.3 is 10.1 Å². The minimum atomic E-state index is -0.286. The molecule has 0 aliphatic carbocycles. The fraction of sp³-hybridized carbons (Fsp3) is 0.533. The zero-order chi connectivity index (χ0) is 13.7. The van der Waals surface area contributed by atoms with Gasteiger partial charge in [0.1, 0.15) is 6.04 Å². The van der Waals surface area contributed by atoms with Gasteiger partial charge in [-0.25, -0.2) is 4.79 Å². The number of ether oxygens (including phenoxy) is 1. The first kappa shape index (κ1) is 14.0. The Labute approximate surface area is 114 Å². The van der Waals surface area contributed by atoms with Crippen molar-refractivity contribution in [3.05, 3.63) is 35.9 Å². The largest absolute Gasteiger partial charge is 0.465 e. The van der Waals surface area contributed by atoms with E-state index in [4.69, 9.17) is 4.74 Å². The molecule has 4 nitrogen and oxygen atoms in total. The maximum Gasteiger partial charge on any atom is 0.328 e. The molecule has 0 aromatic heterocycles. The summed E-state index contributed by atoms with van der Waals surface area (Å²) in [7, 11) is 0. The van der Waals surface area contributed by atoms with Crippen LogP contribution >= 0.6 is 0 Å². The van der Waals surface area contributed by atoms with Gasteiger partial charge in [0.15, 0.2) is 0 Å². The lowest BCUT2D eigenvalue weighted by molar-refractivity contribution is -0.150. The molecule has 1 N–H and O–H groups in total. The van der Waals surface area contributed by atoms with E-state index in [2.05, 4.69) is 17.1 Å². The summed E-state index contributed by atoms with van der Waals surface area (Å²) < 4.78 is 5.25. The number of hydrogen-bond donors (Lipinski definition) is 1. The average molecular weight is 262 g/mol. The highest BCUT2D eigenvalue weighted by Crippen LogP contribution is 2.23. The quantitative estimate of drug-likeness (QED) is 0.837. The van der Waals surface area contributed by atoms with Crippen molar-refractivity contribution in [3.8, 4) is 0 Å². The van der Waals surface area contributed by atoms with Gasteiger partial charge in [0.05, 0.1) is 6.61 Å². The van der Waals surface area contributed by atoms with Crippen LogP contribution in [0.5, 0.6) is 0 Å². The Bertz CT molecular complexity index is 408. The Kier molecular flexibility index (Phi) is 4.93. The first-order valence-electron chi connectivity index (χ1n) is 6.91. The maximum absolute atomic E-state index is 12.3. The number of carbonyl (C=O) groups excluding carboxylic acids is 1. The number of esters is 1. The molecule has 1 aliphatic heterocycles. The topological polar surface area (TPSA) is 41.6 Å². The molecular weight excluding hydrogens is 240 g/mol. The zero-order valence-electron chi connectivity index (χ0n) is 11.6. The van der Waals surface area contributed by atoms with E-state index < -0.39 is 0 Å². The number of nitrogens with one attached hydrogen (secondary N) is 1. The molecule has 0 amide bonds. The van der Waals surface area contributed by atoms with Gasteiger partial charge in [-0.2, -0.15) is 0 Å². The van der Waals surface area contributed by atoms with Gasteiger partial charge in [0.2, 0.25) is 0 Å². The first-order chi connectivity index (χ1) is 9.22. The fourth-order valence-electron chi connectivity index (χ4n) is 2.55. The normalized spacial score (nSPS) is 21.9. The first-order valence-corrected chi connectivity index (χ1v) is 6.91. The Morgan fingerprint density at radius 1 is 1.47 bits per heavy atom. The van der Waals surface area contributed by atoms with Gasteiger partial charge in [-0.15, -0.1) is 0 Å². The van der Waals surface area contributed by atoms with Crippen LogP contribution in [0.2, 0.25) is 0 Å². The summed E-state index contributed by atoms with van der Waals surface area (Å²) in [6.07, 6.45) is 0. The van der Waals surface area contributed by atoms with Gasteiger partial charge in [-0.3, -0.25) is 4.90 Å². The lowest BCUT2D eigenvalue weighted by Gasteiger charge is -2.36. The second-order valence-electron chi connectivity index (χ2n) is 4.92. The van der Waals surface area contributed by atoms with Gasteiger partial charge in [-0.05, 0) is 19.4 Å². The lowest BCUT2D eigenvalue weighted by Crippen LogP contribution is -2.51. The second-order valence-corrected chi connectivity index (χ2v) is 4.92. The molecule has 0 bridgehead atoms. The molecule has 1 saturated heterocycles. The third-order valence-corrected chi connectivity index (χ3v) is 3.39. The lowest BCUT2D eigenvalue weighted by atomic mass is 10.0. The Hall–Kier alpha value is -1.39. The molecule has 2 atom stereocenters. The molecule has 0 saturated carbocycles. The molecule has 2 rings (SSSR count). The van der Waals surface area contributed by atoms with Gasteiger partial charge >= 0.3 is 5.97 Å². The molecule has 1 fully saturated rings. The van der Waals surface area contributed by atoms with Crippen molar-refractivity contribution < 1.29 is 9.53 Å². The zero-order valence-corrected chi connectivity index (χ0v) is 11.6. The predicted molar refractivity (Wildman–Crippen MR) is 74.9 cm³/mol. The third kappa shape index (κ3) is 3.55. The summed E-state index contributed by atoms with van der Waals surface area (Å²) in [5.74, 6) is -0.150. The summed E-state index contributed by atoms with van der Waals surface area (Å²) in [5, 5.41) is 3.40. The highest BCUT2D eigenvalue weighted by Gasteiger charge is 2.31. The van der Waals surface area contributed by atoms with Crippen LogP contribution in [0.3, 0.4) is 0 Å². The fourth-order valence-corrected chi connectivity index (χ4v) is 2.55. The van der Waals surface area contributed by atoms with Gasteiger partial charge in [0, 0.05) is 25.7 Å². The van der Waals surface area contributed by atoms with Gasteiger partial charge in [-0.1, -0.05) is 30.3 Å².